The molecule has 3 heteroatoms. The van der Waals surface area contributed by atoms with Crippen molar-refractivity contribution in [1.29, 1.82) is 0 Å². The molecular weight excluding hydrogens is 212 g/mol. The summed E-state index contributed by atoms with van der Waals surface area (Å²) in [5.74, 6) is 0.771. The molecule has 98 valence electrons. The minimum Gasteiger partial charge on any atom is -0.375 e. The second kappa shape index (κ2) is 4.52. The number of hydrogen-bond donors (Lipinski definition) is 1. The van der Waals surface area contributed by atoms with Crippen molar-refractivity contribution in [3.63, 3.8) is 0 Å². The second-order valence-corrected chi connectivity index (χ2v) is 6.51. The van der Waals surface area contributed by atoms with Crippen molar-refractivity contribution in [1.82, 2.24) is 4.90 Å². The average Bonchev–Trinajstić information content (AvgIpc) is 3.13. The van der Waals surface area contributed by atoms with Gasteiger partial charge in [0.05, 0.1) is 12.7 Å². The Morgan fingerprint density at radius 3 is 2.76 bits per heavy atom. The molecule has 1 heterocycles. The first kappa shape index (κ1) is 11.9. The third-order valence-electron chi connectivity index (χ3n) is 4.90. The lowest BCUT2D eigenvalue weighted by Gasteiger charge is -2.46. The molecule has 0 bridgehead atoms. The van der Waals surface area contributed by atoms with E-state index in [9.17, 15) is 0 Å². The Morgan fingerprint density at radius 2 is 2.00 bits per heavy atom. The van der Waals surface area contributed by atoms with Gasteiger partial charge in [-0.3, -0.25) is 4.90 Å². The van der Waals surface area contributed by atoms with Crippen LogP contribution in [0.2, 0.25) is 0 Å². The number of rotatable bonds is 3. The number of nitrogens with zero attached hydrogens (tertiary/aromatic N) is 1. The maximum atomic E-state index is 6.49. The van der Waals surface area contributed by atoms with Gasteiger partial charge < -0.3 is 10.5 Å². The summed E-state index contributed by atoms with van der Waals surface area (Å²) in [5.41, 5.74) is 6.52. The van der Waals surface area contributed by atoms with E-state index in [2.05, 4.69) is 11.8 Å². The summed E-state index contributed by atoms with van der Waals surface area (Å²) < 4.78 is 5.92. The van der Waals surface area contributed by atoms with Crippen LogP contribution in [0.3, 0.4) is 0 Å². The molecule has 0 radical (unpaired) electrons. The van der Waals surface area contributed by atoms with Crippen LogP contribution in [-0.2, 0) is 4.74 Å². The molecule has 0 aromatic heterocycles. The topological polar surface area (TPSA) is 38.5 Å². The molecule has 2 aliphatic carbocycles. The molecule has 0 spiro atoms. The molecule has 2 saturated carbocycles. The van der Waals surface area contributed by atoms with Crippen molar-refractivity contribution >= 4 is 0 Å². The Morgan fingerprint density at radius 1 is 1.24 bits per heavy atom. The van der Waals surface area contributed by atoms with Crippen molar-refractivity contribution in [3.05, 3.63) is 0 Å². The molecule has 1 saturated heterocycles. The molecule has 0 aromatic carbocycles. The van der Waals surface area contributed by atoms with E-state index < -0.39 is 0 Å². The van der Waals surface area contributed by atoms with Crippen molar-refractivity contribution in [2.45, 2.75) is 63.1 Å². The quantitative estimate of drug-likeness (QED) is 0.814. The summed E-state index contributed by atoms with van der Waals surface area (Å²) >= 11 is 0. The molecule has 1 aliphatic heterocycles. The Kier molecular flexibility index (Phi) is 3.18. The van der Waals surface area contributed by atoms with Crippen molar-refractivity contribution < 1.29 is 4.74 Å². The van der Waals surface area contributed by atoms with Crippen molar-refractivity contribution in [2.75, 3.05) is 19.7 Å². The largest absolute Gasteiger partial charge is 0.375 e. The van der Waals surface area contributed by atoms with Gasteiger partial charge in [0.25, 0.3) is 0 Å². The van der Waals surface area contributed by atoms with E-state index in [1.165, 1.54) is 38.5 Å². The van der Waals surface area contributed by atoms with Gasteiger partial charge in [-0.1, -0.05) is 12.8 Å². The number of hydrogen-bond acceptors (Lipinski definition) is 3. The number of nitrogens with two attached hydrogens (primary N) is 1. The molecule has 0 amide bonds. The SMILES string of the molecule is CC(N)(CN1CCOC2CCCCC21)C1CC1. The lowest BCUT2D eigenvalue weighted by atomic mass is 9.88. The van der Waals surface area contributed by atoms with Crippen LogP contribution in [0.15, 0.2) is 0 Å². The zero-order valence-corrected chi connectivity index (χ0v) is 11.0. The summed E-state index contributed by atoms with van der Waals surface area (Å²) in [7, 11) is 0. The van der Waals surface area contributed by atoms with Crippen molar-refractivity contribution in [2.24, 2.45) is 11.7 Å². The van der Waals surface area contributed by atoms with Gasteiger partial charge in [-0.15, -0.1) is 0 Å². The van der Waals surface area contributed by atoms with E-state index in [1.54, 1.807) is 0 Å². The first-order valence-electron chi connectivity index (χ1n) is 7.31. The standard InChI is InChI=1S/C14H26N2O/c1-14(15,11-6-7-11)10-16-8-9-17-13-5-3-2-4-12(13)16/h11-13H,2-10,15H2,1H3. The summed E-state index contributed by atoms with van der Waals surface area (Å²) in [4.78, 5) is 2.63. The Balaban J connectivity index is 1.64. The highest BCUT2D eigenvalue weighted by atomic mass is 16.5. The summed E-state index contributed by atoms with van der Waals surface area (Å²) in [6.07, 6.45) is 8.45. The molecule has 3 nitrogen and oxygen atoms in total. The van der Waals surface area contributed by atoms with Gasteiger partial charge in [-0.25, -0.2) is 0 Å². The number of morpholine rings is 1. The van der Waals surface area contributed by atoms with Crippen LogP contribution in [0.1, 0.15) is 45.4 Å². The van der Waals surface area contributed by atoms with Crippen LogP contribution in [0, 0.1) is 5.92 Å². The molecule has 3 atom stereocenters. The highest BCUT2D eigenvalue weighted by Gasteiger charge is 2.42. The Labute approximate surface area is 105 Å². The first-order valence-corrected chi connectivity index (χ1v) is 7.31. The zero-order valence-electron chi connectivity index (χ0n) is 11.0. The van der Waals surface area contributed by atoms with Gasteiger partial charge >= 0.3 is 0 Å². The maximum absolute atomic E-state index is 6.49. The minimum atomic E-state index is 0.0271. The smallest absolute Gasteiger partial charge is 0.0730 e. The van der Waals surface area contributed by atoms with Gasteiger partial charge in [0.1, 0.15) is 0 Å². The van der Waals surface area contributed by atoms with E-state index in [4.69, 9.17) is 10.5 Å². The van der Waals surface area contributed by atoms with Gasteiger partial charge in [0.2, 0.25) is 0 Å². The normalized spacial score (nSPS) is 38.5. The van der Waals surface area contributed by atoms with Gasteiger partial charge in [0.15, 0.2) is 0 Å². The monoisotopic (exact) mass is 238 g/mol. The predicted molar refractivity (Wildman–Crippen MR) is 68.9 cm³/mol. The van der Waals surface area contributed by atoms with Crippen LogP contribution in [-0.4, -0.2) is 42.3 Å². The van der Waals surface area contributed by atoms with Crippen LogP contribution in [0.4, 0.5) is 0 Å². The third-order valence-corrected chi connectivity index (χ3v) is 4.90. The second-order valence-electron chi connectivity index (χ2n) is 6.51. The van der Waals surface area contributed by atoms with Gasteiger partial charge in [-0.05, 0) is 38.5 Å². The Bertz CT molecular complexity index is 273. The van der Waals surface area contributed by atoms with Gasteiger partial charge in [0, 0.05) is 24.7 Å². The average molecular weight is 238 g/mol. The van der Waals surface area contributed by atoms with Crippen LogP contribution in [0.25, 0.3) is 0 Å². The number of fused-ring (bicyclic) bond motifs is 1. The maximum Gasteiger partial charge on any atom is 0.0730 e. The lowest BCUT2D eigenvalue weighted by Crippen LogP contribution is -2.59. The fourth-order valence-corrected chi connectivity index (χ4v) is 3.68. The fraction of sp³-hybridized carbons (Fsp3) is 1.00. The molecular formula is C14H26N2O. The van der Waals surface area contributed by atoms with E-state index in [-0.39, 0.29) is 5.54 Å². The number of ether oxygens (including phenoxy) is 1. The summed E-state index contributed by atoms with van der Waals surface area (Å²) in [5, 5.41) is 0. The zero-order chi connectivity index (χ0) is 11.9. The summed E-state index contributed by atoms with van der Waals surface area (Å²) in [6.45, 7) is 5.31. The molecule has 3 rings (SSSR count). The Hall–Kier alpha value is -0.120. The lowest BCUT2D eigenvalue weighted by molar-refractivity contribution is -0.0935. The predicted octanol–water partition coefficient (Wildman–Crippen LogP) is 1.76. The third kappa shape index (κ3) is 2.51. The van der Waals surface area contributed by atoms with Crippen LogP contribution >= 0.6 is 0 Å². The molecule has 3 unspecified atom stereocenters. The molecule has 3 fully saturated rings. The molecule has 3 aliphatic rings. The first-order chi connectivity index (χ1) is 8.17. The van der Waals surface area contributed by atoms with Crippen molar-refractivity contribution in [3.8, 4) is 0 Å². The van der Waals surface area contributed by atoms with E-state index in [1.807, 2.05) is 0 Å². The highest BCUT2D eigenvalue weighted by molar-refractivity contribution is 4.99. The van der Waals surface area contributed by atoms with E-state index in [0.29, 0.717) is 12.1 Å². The highest BCUT2D eigenvalue weighted by Crippen LogP contribution is 2.39. The fourth-order valence-electron chi connectivity index (χ4n) is 3.68. The van der Waals surface area contributed by atoms with E-state index in [0.717, 1.165) is 25.6 Å². The van der Waals surface area contributed by atoms with Gasteiger partial charge in [-0.2, -0.15) is 0 Å². The summed E-state index contributed by atoms with van der Waals surface area (Å²) in [6, 6.07) is 0.652. The van der Waals surface area contributed by atoms with Crippen LogP contribution in [0.5, 0.6) is 0 Å². The molecule has 2 N–H and O–H groups in total. The molecule has 0 aromatic rings. The van der Waals surface area contributed by atoms with E-state index >= 15 is 0 Å². The molecule has 17 heavy (non-hydrogen) atoms. The minimum absolute atomic E-state index is 0.0271. The van der Waals surface area contributed by atoms with Crippen LogP contribution < -0.4 is 5.73 Å².